The summed E-state index contributed by atoms with van der Waals surface area (Å²) in [6.45, 7) is 2.42. The lowest BCUT2D eigenvalue weighted by molar-refractivity contribution is 0.102. The van der Waals surface area contributed by atoms with Gasteiger partial charge in [0.25, 0.3) is 11.5 Å². The second-order valence-corrected chi connectivity index (χ2v) is 8.37. The number of halogens is 2. The molecular weight excluding hydrogens is 445 g/mol. The monoisotopic (exact) mass is 465 g/mol. The average molecular weight is 466 g/mol. The Kier molecular flexibility index (Phi) is 6.58. The first kappa shape index (κ1) is 22.1. The van der Waals surface area contributed by atoms with Crippen LogP contribution in [-0.4, -0.2) is 15.5 Å². The van der Waals surface area contributed by atoms with Gasteiger partial charge in [-0.2, -0.15) is 0 Å². The number of nitrogens with one attached hydrogen (secondary N) is 1. The quantitative estimate of drug-likeness (QED) is 0.382. The van der Waals surface area contributed by atoms with E-state index in [2.05, 4.69) is 12.2 Å². The van der Waals surface area contributed by atoms with Gasteiger partial charge >= 0.3 is 0 Å². The van der Waals surface area contributed by atoms with E-state index < -0.39 is 0 Å². The number of aromatic nitrogens is 2. The Balaban J connectivity index is 1.73. The minimum Gasteiger partial charge on any atom is -0.322 e. The van der Waals surface area contributed by atoms with E-state index in [-0.39, 0.29) is 11.5 Å². The molecule has 0 aliphatic heterocycles. The predicted molar refractivity (Wildman–Crippen MR) is 130 cm³/mol. The Morgan fingerprint density at radius 1 is 1.00 bits per heavy atom. The fourth-order valence-corrected chi connectivity index (χ4v) is 3.98. The summed E-state index contributed by atoms with van der Waals surface area (Å²) in [7, 11) is 0. The highest BCUT2D eigenvalue weighted by molar-refractivity contribution is 6.31. The van der Waals surface area contributed by atoms with Crippen molar-refractivity contribution in [2.24, 2.45) is 0 Å². The van der Waals surface area contributed by atoms with Gasteiger partial charge in [-0.25, -0.2) is 4.98 Å². The van der Waals surface area contributed by atoms with Crippen LogP contribution in [0.1, 0.15) is 35.1 Å². The first-order valence-electron chi connectivity index (χ1n) is 10.3. The highest BCUT2D eigenvalue weighted by Crippen LogP contribution is 2.19. The van der Waals surface area contributed by atoms with E-state index in [1.54, 1.807) is 53.1 Å². The number of carbonyl (C=O) groups is 1. The molecular formula is C25H21Cl2N3O2. The average Bonchev–Trinajstić information content (AvgIpc) is 2.77. The molecule has 0 atom stereocenters. The molecule has 162 valence electrons. The van der Waals surface area contributed by atoms with Gasteiger partial charge in [0.05, 0.1) is 17.4 Å². The van der Waals surface area contributed by atoms with Crippen molar-refractivity contribution in [3.8, 4) is 0 Å². The molecule has 7 heteroatoms. The highest BCUT2D eigenvalue weighted by Gasteiger charge is 2.13. The Labute approximate surface area is 195 Å². The van der Waals surface area contributed by atoms with Gasteiger partial charge in [0, 0.05) is 27.7 Å². The maximum absolute atomic E-state index is 13.4. The zero-order valence-electron chi connectivity index (χ0n) is 17.4. The molecule has 0 aliphatic rings. The number of carbonyl (C=O) groups excluding carboxylic acids is 1. The second kappa shape index (κ2) is 9.55. The summed E-state index contributed by atoms with van der Waals surface area (Å²) < 4.78 is 1.68. The standard InChI is InChI=1S/C25H21Cl2N3O2/c1-2-5-23-29-22-11-10-20(28-24(31)17-7-4-9-19(27)13-17)14-21(22)25(32)30(23)15-16-6-3-8-18(26)12-16/h3-4,6-14H,2,5,15H2,1H3,(H,28,31). The van der Waals surface area contributed by atoms with Gasteiger partial charge in [-0.1, -0.05) is 48.3 Å². The van der Waals surface area contributed by atoms with Crippen LogP contribution in [0.2, 0.25) is 10.0 Å². The molecule has 4 aromatic rings. The second-order valence-electron chi connectivity index (χ2n) is 7.50. The molecule has 5 nitrogen and oxygen atoms in total. The van der Waals surface area contributed by atoms with Gasteiger partial charge in [-0.3, -0.25) is 14.2 Å². The van der Waals surface area contributed by atoms with Crippen LogP contribution in [-0.2, 0) is 13.0 Å². The molecule has 0 unspecified atom stereocenters. The number of rotatable bonds is 6. The molecule has 1 heterocycles. The Morgan fingerprint density at radius 2 is 1.75 bits per heavy atom. The summed E-state index contributed by atoms with van der Waals surface area (Å²) >= 11 is 12.1. The topological polar surface area (TPSA) is 64.0 Å². The maximum Gasteiger partial charge on any atom is 0.261 e. The molecule has 4 rings (SSSR count). The maximum atomic E-state index is 13.4. The number of nitrogens with zero attached hydrogens (tertiary/aromatic N) is 2. The van der Waals surface area contributed by atoms with Crippen LogP contribution in [0.4, 0.5) is 5.69 Å². The number of benzene rings is 3. The lowest BCUT2D eigenvalue weighted by Gasteiger charge is -2.14. The molecule has 0 bridgehead atoms. The summed E-state index contributed by atoms with van der Waals surface area (Å²) in [6.07, 6.45) is 1.54. The van der Waals surface area contributed by atoms with Crippen molar-refractivity contribution in [2.45, 2.75) is 26.3 Å². The number of amides is 1. The largest absolute Gasteiger partial charge is 0.322 e. The third kappa shape index (κ3) is 4.85. The van der Waals surface area contributed by atoms with Crippen molar-refractivity contribution in [3.63, 3.8) is 0 Å². The van der Waals surface area contributed by atoms with E-state index in [1.807, 2.05) is 18.2 Å². The van der Waals surface area contributed by atoms with Crippen molar-refractivity contribution < 1.29 is 4.79 Å². The predicted octanol–water partition coefficient (Wildman–Crippen LogP) is 5.96. The van der Waals surface area contributed by atoms with Gasteiger partial charge in [0.15, 0.2) is 0 Å². The molecule has 0 aliphatic carbocycles. The number of anilines is 1. The number of aryl methyl sites for hydroxylation is 1. The molecule has 0 radical (unpaired) electrons. The van der Waals surface area contributed by atoms with Crippen molar-refractivity contribution in [2.75, 3.05) is 5.32 Å². The molecule has 0 fully saturated rings. The third-order valence-corrected chi connectivity index (χ3v) is 5.55. The SMILES string of the molecule is CCCc1nc2ccc(NC(=O)c3cccc(Cl)c3)cc2c(=O)n1Cc1cccc(Cl)c1. The smallest absolute Gasteiger partial charge is 0.261 e. The molecule has 3 aromatic carbocycles. The summed E-state index contributed by atoms with van der Waals surface area (Å²) in [5, 5.41) is 4.37. The zero-order valence-corrected chi connectivity index (χ0v) is 19.0. The van der Waals surface area contributed by atoms with Crippen LogP contribution in [0.5, 0.6) is 0 Å². The van der Waals surface area contributed by atoms with E-state index in [0.717, 1.165) is 17.8 Å². The summed E-state index contributed by atoms with van der Waals surface area (Å²) in [5.41, 5.74) is 2.31. The van der Waals surface area contributed by atoms with E-state index in [4.69, 9.17) is 28.2 Å². The van der Waals surface area contributed by atoms with Crippen molar-refractivity contribution in [1.29, 1.82) is 0 Å². The Morgan fingerprint density at radius 3 is 2.47 bits per heavy atom. The highest BCUT2D eigenvalue weighted by atomic mass is 35.5. The fraction of sp³-hybridized carbons (Fsp3) is 0.160. The summed E-state index contributed by atoms with van der Waals surface area (Å²) in [6, 6.07) is 19.3. The van der Waals surface area contributed by atoms with Gasteiger partial charge in [0.1, 0.15) is 5.82 Å². The number of fused-ring (bicyclic) bond motifs is 1. The van der Waals surface area contributed by atoms with Crippen molar-refractivity contribution >= 4 is 45.7 Å². The normalized spacial score (nSPS) is 11.0. The minimum atomic E-state index is -0.304. The van der Waals surface area contributed by atoms with E-state index >= 15 is 0 Å². The van der Waals surface area contributed by atoms with Crippen LogP contribution in [0.15, 0.2) is 71.5 Å². The van der Waals surface area contributed by atoms with Gasteiger partial charge in [-0.05, 0) is 60.5 Å². The van der Waals surface area contributed by atoms with Crippen LogP contribution in [0.25, 0.3) is 10.9 Å². The number of hydrogen-bond donors (Lipinski definition) is 1. The summed E-state index contributed by atoms with van der Waals surface area (Å²) in [4.78, 5) is 30.7. The lowest BCUT2D eigenvalue weighted by atomic mass is 10.1. The Hall–Kier alpha value is -3.15. The first-order valence-corrected chi connectivity index (χ1v) is 11.0. The van der Waals surface area contributed by atoms with Crippen molar-refractivity contribution in [3.05, 3.63) is 104 Å². The third-order valence-electron chi connectivity index (χ3n) is 5.08. The molecule has 32 heavy (non-hydrogen) atoms. The van der Waals surface area contributed by atoms with Gasteiger partial charge in [0.2, 0.25) is 0 Å². The first-order chi connectivity index (χ1) is 15.4. The molecule has 1 amide bonds. The van der Waals surface area contributed by atoms with E-state index in [0.29, 0.717) is 45.2 Å². The minimum absolute atomic E-state index is 0.155. The summed E-state index contributed by atoms with van der Waals surface area (Å²) in [5.74, 6) is 0.419. The van der Waals surface area contributed by atoms with Gasteiger partial charge in [-0.15, -0.1) is 0 Å². The molecule has 1 N–H and O–H groups in total. The van der Waals surface area contributed by atoms with E-state index in [9.17, 15) is 9.59 Å². The lowest BCUT2D eigenvalue weighted by Crippen LogP contribution is -2.26. The van der Waals surface area contributed by atoms with Crippen molar-refractivity contribution in [1.82, 2.24) is 9.55 Å². The molecule has 0 saturated carbocycles. The number of hydrogen-bond acceptors (Lipinski definition) is 3. The molecule has 0 spiro atoms. The Bertz CT molecular complexity index is 1370. The molecule has 0 saturated heterocycles. The van der Waals surface area contributed by atoms with Crippen LogP contribution >= 0.6 is 23.2 Å². The van der Waals surface area contributed by atoms with Crippen LogP contribution < -0.4 is 10.9 Å². The van der Waals surface area contributed by atoms with E-state index in [1.165, 1.54) is 0 Å². The molecule has 1 aromatic heterocycles. The fourth-order valence-electron chi connectivity index (χ4n) is 3.57. The van der Waals surface area contributed by atoms with Gasteiger partial charge < -0.3 is 5.32 Å². The zero-order chi connectivity index (χ0) is 22.7. The van der Waals surface area contributed by atoms with Crippen LogP contribution in [0.3, 0.4) is 0 Å². The van der Waals surface area contributed by atoms with Crippen LogP contribution in [0, 0.1) is 0 Å².